The lowest BCUT2D eigenvalue weighted by Gasteiger charge is -2.02. The van der Waals surface area contributed by atoms with Gasteiger partial charge in [0.05, 0.1) is 11.3 Å². The van der Waals surface area contributed by atoms with Crippen LogP contribution in [0.2, 0.25) is 5.02 Å². The van der Waals surface area contributed by atoms with E-state index in [0.717, 1.165) is 12.1 Å². The highest BCUT2D eigenvalue weighted by atomic mass is 35.5. The molecule has 0 radical (unpaired) electrons. The number of fused-ring (bicyclic) bond motifs is 1. The predicted molar refractivity (Wildman–Crippen MR) is 65.8 cm³/mol. The Kier molecular flexibility index (Phi) is 2.41. The standard InChI is InChI=1S/C13H14ClNO/c1-8-2-5-11(14)13-12(8)9(7-16-13)6-15-10-3-4-10/h2,5,7,10,15H,3-4,6H2,1H3. The van der Waals surface area contributed by atoms with E-state index in [-0.39, 0.29) is 0 Å². The summed E-state index contributed by atoms with van der Waals surface area (Å²) in [5.74, 6) is 0. The van der Waals surface area contributed by atoms with Crippen molar-refractivity contribution in [1.29, 1.82) is 0 Å². The van der Waals surface area contributed by atoms with E-state index in [1.165, 1.54) is 29.4 Å². The molecule has 0 aliphatic heterocycles. The molecule has 3 rings (SSSR count). The van der Waals surface area contributed by atoms with Crippen molar-refractivity contribution in [2.75, 3.05) is 0 Å². The molecular formula is C13H14ClNO. The summed E-state index contributed by atoms with van der Waals surface area (Å²) in [5, 5.41) is 5.35. The van der Waals surface area contributed by atoms with Crippen LogP contribution in [-0.4, -0.2) is 6.04 Å². The van der Waals surface area contributed by atoms with Gasteiger partial charge < -0.3 is 9.73 Å². The van der Waals surface area contributed by atoms with E-state index < -0.39 is 0 Å². The highest BCUT2D eigenvalue weighted by Gasteiger charge is 2.21. The number of benzene rings is 1. The first-order chi connectivity index (χ1) is 7.75. The van der Waals surface area contributed by atoms with E-state index in [9.17, 15) is 0 Å². The maximum Gasteiger partial charge on any atom is 0.153 e. The Bertz CT molecular complexity index is 528. The van der Waals surface area contributed by atoms with Gasteiger partial charge >= 0.3 is 0 Å². The SMILES string of the molecule is Cc1ccc(Cl)c2occ(CNC3CC3)c12. The van der Waals surface area contributed by atoms with Crippen molar-refractivity contribution in [3.63, 3.8) is 0 Å². The molecule has 1 heterocycles. The first kappa shape index (κ1) is 10.2. The number of hydrogen-bond donors (Lipinski definition) is 1. The lowest BCUT2D eigenvalue weighted by molar-refractivity contribution is 0.601. The van der Waals surface area contributed by atoms with E-state index >= 15 is 0 Å². The van der Waals surface area contributed by atoms with Crippen LogP contribution >= 0.6 is 11.6 Å². The first-order valence-corrected chi connectivity index (χ1v) is 6.02. The zero-order valence-electron chi connectivity index (χ0n) is 9.22. The van der Waals surface area contributed by atoms with Gasteiger partial charge in [-0.2, -0.15) is 0 Å². The van der Waals surface area contributed by atoms with Gasteiger partial charge in [0, 0.05) is 23.5 Å². The van der Waals surface area contributed by atoms with E-state index in [2.05, 4.69) is 12.2 Å². The van der Waals surface area contributed by atoms with Gasteiger partial charge in [-0.05, 0) is 31.4 Å². The average molecular weight is 236 g/mol. The van der Waals surface area contributed by atoms with Gasteiger partial charge in [0.15, 0.2) is 5.58 Å². The largest absolute Gasteiger partial charge is 0.462 e. The van der Waals surface area contributed by atoms with Crippen LogP contribution < -0.4 is 5.32 Å². The quantitative estimate of drug-likeness (QED) is 0.879. The molecule has 0 spiro atoms. The van der Waals surface area contributed by atoms with Crippen LogP contribution in [-0.2, 0) is 6.54 Å². The fraction of sp³-hybridized carbons (Fsp3) is 0.385. The van der Waals surface area contributed by atoms with Crippen molar-refractivity contribution in [2.45, 2.75) is 32.4 Å². The van der Waals surface area contributed by atoms with Gasteiger partial charge in [-0.25, -0.2) is 0 Å². The van der Waals surface area contributed by atoms with Crippen LogP contribution in [0.3, 0.4) is 0 Å². The summed E-state index contributed by atoms with van der Waals surface area (Å²) in [5.41, 5.74) is 3.25. The predicted octanol–water partition coefficient (Wildman–Crippen LogP) is 3.65. The minimum absolute atomic E-state index is 0.693. The molecule has 0 bridgehead atoms. The van der Waals surface area contributed by atoms with Crippen molar-refractivity contribution in [2.24, 2.45) is 0 Å². The summed E-state index contributed by atoms with van der Waals surface area (Å²) in [7, 11) is 0. The summed E-state index contributed by atoms with van der Waals surface area (Å²) >= 11 is 6.10. The summed E-state index contributed by atoms with van der Waals surface area (Å²) in [6.07, 6.45) is 4.42. The topological polar surface area (TPSA) is 25.2 Å². The second-order valence-electron chi connectivity index (χ2n) is 4.48. The minimum atomic E-state index is 0.693. The van der Waals surface area contributed by atoms with Gasteiger partial charge in [-0.15, -0.1) is 0 Å². The molecule has 3 heteroatoms. The zero-order valence-corrected chi connectivity index (χ0v) is 9.97. The highest BCUT2D eigenvalue weighted by molar-refractivity contribution is 6.35. The van der Waals surface area contributed by atoms with Crippen molar-refractivity contribution >= 4 is 22.6 Å². The third kappa shape index (κ3) is 1.72. The van der Waals surface area contributed by atoms with Crippen molar-refractivity contribution < 1.29 is 4.42 Å². The third-order valence-electron chi connectivity index (χ3n) is 3.12. The van der Waals surface area contributed by atoms with Crippen LogP contribution in [0.5, 0.6) is 0 Å². The molecule has 1 saturated carbocycles. The van der Waals surface area contributed by atoms with Crippen LogP contribution in [0, 0.1) is 6.92 Å². The molecule has 1 aliphatic rings. The third-order valence-corrected chi connectivity index (χ3v) is 3.41. The Hall–Kier alpha value is -0.990. The number of furan rings is 1. The first-order valence-electron chi connectivity index (χ1n) is 5.64. The molecule has 1 aromatic carbocycles. The lowest BCUT2D eigenvalue weighted by Crippen LogP contribution is -2.14. The van der Waals surface area contributed by atoms with Gasteiger partial charge in [0.2, 0.25) is 0 Å². The van der Waals surface area contributed by atoms with E-state index in [0.29, 0.717) is 11.1 Å². The van der Waals surface area contributed by atoms with Crippen molar-refractivity contribution in [3.8, 4) is 0 Å². The Morgan fingerprint density at radius 3 is 3.00 bits per heavy atom. The van der Waals surface area contributed by atoms with Crippen molar-refractivity contribution in [1.82, 2.24) is 5.32 Å². The molecule has 1 aromatic heterocycles. The molecule has 0 amide bonds. The Labute approximate surface area is 99.6 Å². The molecule has 1 aliphatic carbocycles. The molecule has 1 fully saturated rings. The summed E-state index contributed by atoms with van der Waals surface area (Å²) < 4.78 is 5.54. The highest BCUT2D eigenvalue weighted by Crippen LogP contribution is 2.31. The fourth-order valence-electron chi connectivity index (χ4n) is 2.03. The molecular weight excluding hydrogens is 222 g/mol. The smallest absolute Gasteiger partial charge is 0.153 e. The summed E-state index contributed by atoms with van der Waals surface area (Å²) in [4.78, 5) is 0. The van der Waals surface area contributed by atoms with Gasteiger partial charge in [-0.3, -0.25) is 0 Å². The van der Waals surface area contributed by atoms with E-state index in [4.69, 9.17) is 16.0 Å². The monoisotopic (exact) mass is 235 g/mol. The Balaban J connectivity index is 2.00. The Morgan fingerprint density at radius 1 is 1.44 bits per heavy atom. The molecule has 2 aromatic rings. The molecule has 1 N–H and O–H groups in total. The molecule has 16 heavy (non-hydrogen) atoms. The van der Waals surface area contributed by atoms with Gasteiger partial charge in [0.25, 0.3) is 0 Å². The number of hydrogen-bond acceptors (Lipinski definition) is 2. The molecule has 2 nitrogen and oxygen atoms in total. The summed E-state index contributed by atoms with van der Waals surface area (Å²) in [6, 6.07) is 4.64. The molecule has 0 atom stereocenters. The van der Waals surface area contributed by atoms with E-state index in [1.807, 2.05) is 18.4 Å². The fourth-order valence-corrected chi connectivity index (χ4v) is 2.23. The van der Waals surface area contributed by atoms with Crippen LogP contribution in [0.1, 0.15) is 24.0 Å². The van der Waals surface area contributed by atoms with Gasteiger partial charge in [0.1, 0.15) is 0 Å². The maximum atomic E-state index is 6.10. The zero-order chi connectivity index (χ0) is 11.1. The van der Waals surface area contributed by atoms with Crippen LogP contribution in [0.25, 0.3) is 11.0 Å². The maximum absolute atomic E-state index is 6.10. The second kappa shape index (κ2) is 3.79. The lowest BCUT2D eigenvalue weighted by atomic mass is 10.1. The van der Waals surface area contributed by atoms with Crippen molar-refractivity contribution in [3.05, 3.63) is 34.5 Å². The second-order valence-corrected chi connectivity index (χ2v) is 4.89. The number of rotatable bonds is 3. The van der Waals surface area contributed by atoms with Crippen LogP contribution in [0.15, 0.2) is 22.8 Å². The molecule has 84 valence electrons. The van der Waals surface area contributed by atoms with Crippen LogP contribution in [0.4, 0.5) is 0 Å². The number of aryl methyl sites for hydroxylation is 1. The number of halogens is 1. The molecule has 0 unspecified atom stereocenters. The minimum Gasteiger partial charge on any atom is -0.462 e. The van der Waals surface area contributed by atoms with Gasteiger partial charge in [-0.1, -0.05) is 17.7 Å². The number of nitrogens with one attached hydrogen (secondary N) is 1. The molecule has 0 saturated heterocycles. The summed E-state index contributed by atoms with van der Waals surface area (Å²) in [6.45, 7) is 2.97. The normalized spacial score (nSPS) is 15.9. The Morgan fingerprint density at radius 2 is 2.25 bits per heavy atom. The average Bonchev–Trinajstić information content (AvgIpc) is 3.00. The van der Waals surface area contributed by atoms with E-state index in [1.54, 1.807) is 0 Å².